The van der Waals surface area contributed by atoms with Gasteiger partial charge in [-0.25, -0.2) is 0 Å². The fraction of sp³-hybridized carbons (Fsp3) is 0.545. The summed E-state index contributed by atoms with van der Waals surface area (Å²) in [7, 11) is 0. The first kappa shape index (κ1) is 9.71. The minimum absolute atomic E-state index is 0.210. The third-order valence-electron chi connectivity index (χ3n) is 2.80. The molecular formula is C11H15NOS. The Morgan fingerprint density at radius 1 is 1.43 bits per heavy atom. The smallest absolute Gasteiger partial charge is 0.165 e. The Morgan fingerprint density at radius 3 is 2.86 bits per heavy atom. The molecular weight excluding hydrogens is 194 g/mol. The maximum absolute atomic E-state index is 11.7. The van der Waals surface area contributed by atoms with Gasteiger partial charge in [-0.2, -0.15) is 0 Å². The van der Waals surface area contributed by atoms with Crippen LogP contribution in [0.25, 0.3) is 0 Å². The maximum Gasteiger partial charge on any atom is 0.165 e. The number of Topliss-reactive ketones (excluding diaryl/α,β-unsaturated/α-hetero) is 1. The molecule has 0 radical (unpaired) electrons. The lowest BCUT2D eigenvalue weighted by molar-refractivity contribution is 0.0988. The van der Waals surface area contributed by atoms with Crippen LogP contribution >= 0.6 is 11.3 Å². The first-order valence-electron chi connectivity index (χ1n) is 5.17. The molecule has 0 atom stereocenters. The summed E-state index contributed by atoms with van der Waals surface area (Å²) in [5, 5.41) is 0.740. The Balaban J connectivity index is 2.47. The Kier molecular flexibility index (Phi) is 2.59. The van der Waals surface area contributed by atoms with Crippen molar-refractivity contribution in [1.82, 2.24) is 0 Å². The average molecular weight is 209 g/mol. The zero-order valence-electron chi connectivity index (χ0n) is 8.43. The lowest BCUT2D eigenvalue weighted by atomic mass is 9.93. The van der Waals surface area contributed by atoms with E-state index in [0.717, 1.165) is 23.4 Å². The molecule has 3 heteroatoms. The lowest BCUT2D eigenvalue weighted by Crippen LogP contribution is -2.06. The van der Waals surface area contributed by atoms with Gasteiger partial charge in [0.25, 0.3) is 0 Å². The second-order valence-electron chi connectivity index (χ2n) is 3.73. The predicted molar refractivity (Wildman–Crippen MR) is 60.0 cm³/mol. The highest BCUT2D eigenvalue weighted by atomic mass is 32.1. The first-order valence-corrected chi connectivity index (χ1v) is 5.99. The number of fused-ring (bicyclic) bond motifs is 1. The van der Waals surface area contributed by atoms with Crippen molar-refractivity contribution in [1.29, 1.82) is 0 Å². The van der Waals surface area contributed by atoms with Crippen LogP contribution in [0.5, 0.6) is 0 Å². The minimum Gasteiger partial charge on any atom is -0.390 e. The molecule has 0 fully saturated rings. The summed E-state index contributed by atoms with van der Waals surface area (Å²) in [6.45, 7) is 1.90. The molecule has 0 saturated heterocycles. The molecule has 1 aromatic rings. The van der Waals surface area contributed by atoms with Crippen LogP contribution < -0.4 is 5.73 Å². The Labute approximate surface area is 88.1 Å². The van der Waals surface area contributed by atoms with Gasteiger partial charge in [-0.05, 0) is 31.2 Å². The van der Waals surface area contributed by atoms with Crippen LogP contribution in [-0.4, -0.2) is 5.78 Å². The summed E-state index contributed by atoms with van der Waals surface area (Å²) >= 11 is 1.62. The second kappa shape index (κ2) is 3.73. The molecule has 14 heavy (non-hydrogen) atoms. The maximum atomic E-state index is 11.7. The number of ketones is 1. The van der Waals surface area contributed by atoms with E-state index in [1.807, 2.05) is 6.92 Å². The van der Waals surface area contributed by atoms with E-state index in [9.17, 15) is 4.79 Å². The summed E-state index contributed by atoms with van der Waals surface area (Å²) in [5.41, 5.74) is 7.99. The molecule has 2 rings (SSSR count). The number of nitrogens with two attached hydrogens (primary N) is 1. The van der Waals surface area contributed by atoms with Crippen LogP contribution in [0.1, 0.15) is 47.0 Å². The summed E-state index contributed by atoms with van der Waals surface area (Å²) < 4.78 is 0. The van der Waals surface area contributed by atoms with Crippen molar-refractivity contribution in [2.24, 2.45) is 0 Å². The zero-order valence-corrected chi connectivity index (χ0v) is 9.25. The van der Waals surface area contributed by atoms with Crippen molar-refractivity contribution in [3.63, 3.8) is 0 Å². The Morgan fingerprint density at radius 2 is 2.14 bits per heavy atom. The van der Waals surface area contributed by atoms with Gasteiger partial charge < -0.3 is 5.73 Å². The minimum atomic E-state index is 0.210. The quantitative estimate of drug-likeness (QED) is 0.761. The third-order valence-corrected chi connectivity index (χ3v) is 3.92. The van der Waals surface area contributed by atoms with Gasteiger partial charge in [-0.3, -0.25) is 4.79 Å². The molecule has 1 aliphatic carbocycles. The molecule has 1 aliphatic rings. The second-order valence-corrected chi connectivity index (χ2v) is 4.86. The van der Waals surface area contributed by atoms with Gasteiger partial charge in [-0.15, -0.1) is 11.3 Å². The predicted octanol–water partition coefficient (Wildman–Crippen LogP) is 2.80. The van der Waals surface area contributed by atoms with E-state index < -0.39 is 0 Å². The van der Waals surface area contributed by atoms with Gasteiger partial charge in [0, 0.05) is 11.3 Å². The topological polar surface area (TPSA) is 43.1 Å². The van der Waals surface area contributed by atoms with Crippen molar-refractivity contribution < 1.29 is 4.79 Å². The van der Waals surface area contributed by atoms with Crippen LogP contribution in [-0.2, 0) is 12.8 Å². The fourth-order valence-corrected chi connectivity index (χ4v) is 3.25. The molecule has 2 nitrogen and oxygen atoms in total. The number of hydrogen-bond acceptors (Lipinski definition) is 3. The van der Waals surface area contributed by atoms with Crippen molar-refractivity contribution in [2.75, 3.05) is 5.73 Å². The van der Waals surface area contributed by atoms with E-state index in [0.29, 0.717) is 6.42 Å². The van der Waals surface area contributed by atoms with Crippen LogP contribution in [0.4, 0.5) is 5.00 Å². The third kappa shape index (κ3) is 1.46. The number of carbonyl (C=O) groups is 1. The summed E-state index contributed by atoms with van der Waals surface area (Å²) in [4.78, 5) is 13.0. The highest BCUT2D eigenvalue weighted by molar-refractivity contribution is 7.16. The highest BCUT2D eigenvalue weighted by Gasteiger charge is 2.22. The van der Waals surface area contributed by atoms with Crippen molar-refractivity contribution in [2.45, 2.75) is 39.0 Å². The molecule has 0 amide bonds. The van der Waals surface area contributed by atoms with E-state index in [4.69, 9.17) is 5.73 Å². The van der Waals surface area contributed by atoms with E-state index in [-0.39, 0.29) is 5.78 Å². The van der Waals surface area contributed by atoms with E-state index in [1.54, 1.807) is 11.3 Å². The van der Waals surface area contributed by atoms with Gasteiger partial charge in [0.05, 0.1) is 10.6 Å². The van der Waals surface area contributed by atoms with Crippen LogP contribution in [0.15, 0.2) is 0 Å². The van der Waals surface area contributed by atoms with Crippen LogP contribution in [0, 0.1) is 0 Å². The molecule has 0 unspecified atom stereocenters. The highest BCUT2D eigenvalue weighted by Crippen LogP contribution is 2.36. The van der Waals surface area contributed by atoms with Crippen molar-refractivity contribution in [3.05, 3.63) is 16.0 Å². The monoisotopic (exact) mass is 209 g/mol. The fourth-order valence-electron chi connectivity index (χ4n) is 2.07. The number of hydrogen-bond donors (Lipinski definition) is 1. The standard InChI is InChI=1S/C11H15NOS/c1-2-8(13)10-7-5-3-4-6-9(7)14-11(10)12/h2-6,12H2,1H3. The summed E-state index contributed by atoms with van der Waals surface area (Å²) in [6, 6.07) is 0. The number of nitrogen functional groups attached to an aromatic ring is 1. The molecule has 0 saturated carbocycles. The Hall–Kier alpha value is -0.830. The average Bonchev–Trinajstić information content (AvgIpc) is 2.53. The SMILES string of the molecule is CCC(=O)c1c(N)sc2c1CCCC2. The van der Waals surface area contributed by atoms with Gasteiger partial charge in [0.15, 0.2) is 5.78 Å². The van der Waals surface area contributed by atoms with Crippen molar-refractivity contribution in [3.8, 4) is 0 Å². The molecule has 0 aromatic carbocycles. The van der Waals surface area contributed by atoms with Gasteiger partial charge in [0.1, 0.15) is 0 Å². The number of carbonyl (C=O) groups excluding carboxylic acids is 1. The molecule has 0 bridgehead atoms. The number of anilines is 1. The summed E-state index contributed by atoms with van der Waals surface area (Å²) in [6.07, 6.45) is 5.17. The van der Waals surface area contributed by atoms with Crippen LogP contribution in [0.3, 0.4) is 0 Å². The molecule has 2 N–H and O–H groups in total. The lowest BCUT2D eigenvalue weighted by Gasteiger charge is -2.11. The molecule has 0 aliphatic heterocycles. The number of rotatable bonds is 2. The normalized spacial score (nSPS) is 15.2. The van der Waals surface area contributed by atoms with Crippen LogP contribution in [0.2, 0.25) is 0 Å². The molecule has 1 aromatic heterocycles. The van der Waals surface area contributed by atoms with E-state index in [2.05, 4.69) is 0 Å². The van der Waals surface area contributed by atoms with Gasteiger partial charge >= 0.3 is 0 Å². The zero-order chi connectivity index (χ0) is 10.1. The molecule has 76 valence electrons. The number of thiophene rings is 1. The Bertz CT molecular complexity index is 368. The van der Waals surface area contributed by atoms with Gasteiger partial charge in [-0.1, -0.05) is 6.92 Å². The molecule has 0 spiro atoms. The van der Waals surface area contributed by atoms with E-state index in [1.165, 1.54) is 23.3 Å². The summed E-state index contributed by atoms with van der Waals surface area (Å²) in [5.74, 6) is 0.210. The van der Waals surface area contributed by atoms with Gasteiger partial charge in [0.2, 0.25) is 0 Å². The largest absolute Gasteiger partial charge is 0.390 e. The number of aryl methyl sites for hydroxylation is 1. The van der Waals surface area contributed by atoms with Crippen molar-refractivity contribution >= 4 is 22.1 Å². The molecule has 1 heterocycles. The first-order chi connectivity index (χ1) is 6.74. The van der Waals surface area contributed by atoms with E-state index >= 15 is 0 Å².